The fraction of sp³-hybridized carbons (Fsp3) is 0.421. The van der Waals surface area contributed by atoms with Gasteiger partial charge in [-0.1, -0.05) is 17.8 Å². The van der Waals surface area contributed by atoms with Gasteiger partial charge in [-0.2, -0.15) is 0 Å². The van der Waals surface area contributed by atoms with E-state index in [0.29, 0.717) is 19.4 Å². The molecular weight excluding hydrogens is 350 g/mol. The van der Waals surface area contributed by atoms with Crippen molar-refractivity contribution in [1.29, 1.82) is 0 Å². The molecule has 0 fully saturated rings. The Kier molecular flexibility index (Phi) is 5.98. The van der Waals surface area contributed by atoms with Crippen LogP contribution in [0.5, 0.6) is 11.5 Å². The quantitative estimate of drug-likeness (QED) is 0.594. The molecule has 2 aromatic rings. The number of carbonyl (C=O) groups excluding carboxylic acids is 1. The molecule has 0 atom stereocenters. The van der Waals surface area contributed by atoms with Gasteiger partial charge in [0.15, 0.2) is 16.7 Å². The van der Waals surface area contributed by atoms with E-state index in [1.165, 1.54) is 11.8 Å². The van der Waals surface area contributed by atoms with E-state index in [1.54, 1.807) is 0 Å². The molecule has 0 saturated heterocycles. The number of aryl methyl sites for hydroxylation is 2. The third kappa shape index (κ3) is 4.46. The van der Waals surface area contributed by atoms with Crippen molar-refractivity contribution in [2.24, 2.45) is 0 Å². The molecular formula is C19H23N3O3S. The predicted molar refractivity (Wildman–Crippen MR) is 101 cm³/mol. The zero-order valence-electron chi connectivity index (χ0n) is 15.3. The largest absolute Gasteiger partial charge is 0.454 e. The lowest BCUT2D eigenvalue weighted by Gasteiger charge is -2.10. The summed E-state index contributed by atoms with van der Waals surface area (Å²) in [6.45, 7) is 4.82. The Morgan fingerprint density at radius 2 is 1.88 bits per heavy atom. The van der Waals surface area contributed by atoms with Gasteiger partial charge in [-0.3, -0.25) is 4.79 Å². The van der Waals surface area contributed by atoms with Crippen molar-refractivity contribution in [2.75, 3.05) is 19.6 Å². The standard InChI is InChI=1S/C19H23N3O3S/c1-12-15(13(2)22-19(21-12)26-3)5-7-18(23)20-9-8-14-4-6-16-17(10-14)25-11-24-16/h4,6,10H,5,7-9,11H2,1-3H3,(H,20,23). The molecule has 1 aliphatic heterocycles. The lowest BCUT2D eigenvalue weighted by Crippen LogP contribution is -2.26. The van der Waals surface area contributed by atoms with Crippen molar-refractivity contribution in [2.45, 2.75) is 38.3 Å². The molecule has 1 N–H and O–H groups in total. The van der Waals surface area contributed by atoms with E-state index < -0.39 is 0 Å². The number of ether oxygens (including phenoxy) is 2. The molecule has 1 aromatic carbocycles. The summed E-state index contributed by atoms with van der Waals surface area (Å²) in [6, 6.07) is 5.87. The number of rotatable bonds is 7. The smallest absolute Gasteiger partial charge is 0.231 e. The van der Waals surface area contributed by atoms with E-state index in [0.717, 1.165) is 45.6 Å². The maximum absolute atomic E-state index is 12.1. The van der Waals surface area contributed by atoms with Crippen molar-refractivity contribution in [1.82, 2.24) is 15.3 Å². The van der Waals surface area contributed by atoms with Crippen LogP contribution >= 0.6 is 11.8 Å². The molecule has 3 rings (SSSR count). The van der Waals surface area contributed by atoms with Gasteiger partial charge in [0.1, 0.15) is 0 Å². The Balaban J connectivity index is 1.46. The molecule has 0 saturated carbocycles. The fourth-order valence-corrected chi connectivity index (χ4v) is 3.39. The van der Waals surface area contributed by atoms with Crippen LogP contribution in [0.2, 0.25) is 0 Å². The second-order valence-corrected chi connectivity index (χ2v) is 6.92. The van der Waals surface area contributed by atoms with E-state index in [-0.39, 0.29) is 12.7 Å². The monoisotopic (exact) mass is 373 g/mol. The highest BCUT2D eigenvalue weighted by molar-refractivity contribution is 7.98. The second kappa shape index (κ2) is 8.40. The lowest BCUT2D eigenvalue weighted by atomic mass is 10.1. The van der Waals surface area contributed by atoms with E-state index in [4.69, 9.17) is 9.47 Å². The number of hydrogen-bond donors (Lipinski definition) is 1. The first kappa shape index (κ1) is 18.5. The number of amides is 1. The fourth-order valence-electron chi connectivity index (χ4n) is 2.93. The molecule has 0 unspecified atom stereocenters. The predicted octanol–water partition coefficient (Wildman–Crippen LogP) is 2.84. The lowest BCUT2D eigenvalue weighted by molar-refractivity contribution is -0.121. The van der Waals surface area contributed by atoms with Gasteiger partial charge in [-0.05, 0) is 56.2 Å². The first-order valence-corrected chi connectivity index (χ1v) is 9.82. The highest BCUT2D eigenvalue weighted by Gasteiger charge is 2.13. The van der Waals surface area contributed by atoms with Crippen LogP contribution < -0.4 is 14.8 Å². The van der Waals surface area contributed by atoms with Gasteiger partial charge in [0.2, 0.25) is 12.7 Å². The van der Waals surface area contributed by atoms with Crippen molar-refractivity contribution in [3.63, 3.8) is 0 Å². The summed E-state index contributed by atoms with van der Waals surface area (Å²) in [4.78, 5) is 21.1. The van der Waals surface area contributed by atoms with E-state index >= 15 is 0 Å². The van der Waals surface area contributed by atoms with Gasteiger partial charge in [0.25, 0.3) is 0 Å². The maximum Gasteiger partial charge on any atom is 0.231 e. The molecule has 2 heterocycles. The van der Waals surface area contributed by atoms with Gasteiger partial charge >= 0.3 is 0 Å². The molecule has 1 amide bonds. The minimum atomic E-state index is 0.0403. The van der Waals surface area contributed by atoms with E-state index in [1.807, 2.05) is 38.3 Å². The van der Waals surface area contributed by atoms with Gasteiger partial charge < -0.3 is 14.8 Å². The summed E-state index contributed by atoms with van der Waals surface area (Å²) in [7, 11) is 0. The normalized spacial score (nSPS) is 12.3. The first-order chi connectivity index (χ1) is 12.6. The van der Waals surface area contributed by atoms with Gasteiger partial charge in [-0.15, -0.1) is 0 Å². The number of hydrogen-bond acceptors (Lipinski definition) is 6. The van der Waals surface area contributed by atoms with Crippen molar-refractivity contribution in [3.8, 4) is 11.5 Å². The highest BCUT2D eigenvalue weighted by atomic mass is 32.2. The maximum atomic E-state index is 12.1. The molecule has 0 bridgehead atoms. The van der Waals surface area contributed by atoms with Gasteiger partial charge in [0.05, 0.1) is 0 Å². The third-order valence-electron chi connectivity index (χ3n) is 4.36. The number of thioether (sulfide) groups is 1. The molecule has 1 aliphatic rings. The first-order valence-electron chi connectivity index (χ1n) is 8.60. The SMILES string of the molecule is CSc1nc(C)c(CCC(=O)NCCc2ccc3c(c2)OCO3)c(C)n1. The molecule has 0 radical (unpaired) electrons. The Morgan fingerprint density at radius 3 is 2.62 bits per heavy atom. The molecule has 26 heavy (non-hydrogen) atoms. The number of benzene rings is 1. The summed E-state index contributed by atoms with van der Waals surface area (Å²) in [5.41, 5.74) is 4.08. The Morgan fingerprint density at radius 1 is 1.15 bits per heavy atom. The number of nitrogens with one attached hydrogen (secondary N) is 1. The van der Waals surface area contributed by atoms with Gasteiger partial charge in [-0.25, -0.2) is 9.97 Å². The summed E-state index contributed by atoms with van der Waals surface area (Å²) < 4.78 is 10.7. The number of carbonyl (C=O) groups is 1. The zero-order valence-corrected chi connectivity index (χ0v) is 16.1. The minimum Gasteiger partial charge on any atom is -0.454 e. The topological polar surface area (TPSA) is 73.3 Å². The van der Waals surface area contributed by atoms with Crippen LogP contribution in [0.15, 0.2) is 23.4 Å². The summed E-state index contributed by atoms with van der Waals surface area (Å²) in [5, 5.41) is 3.75. The molecule has 6 nitrogen and oxygen atoms in total. The van der Waals surface area contributed by atoms with Crippen molar-refractivity contribution in [3.05, 3.63) is 40.7 Å². The van der Waals surface area contributed by atoms with Crippen LogP contribution in [0.3, 0.4) is 0 Å². The van der Waals surface area contributed by atoms with Gasteiger partial charge in [0, 0.05) is 24.4 Å². The molecule has 1 aromatic heterocycles. The Labute approximate surface area is 157 Å². The Hall–Kier alpha value is -2.28. The summed E-state index contributed by atoms with van der Waals surface area (Å²) in [6.07, 6.45) is 3.81. The molecule has 138 valence electrons. The van der Waals surface area contributed by atoms with Crippen LogP contribution in [0.1, 0.15) is 28.9 Å². The highest BCUT2D eigenvalue weighted by Crippen LogP contribution is 2.32. The van der Waals surface area contributed by atoms with Crippen molar-refractivity contribution >= 4 is 17.7 Å². The summed E-state index contributed by atoms with van der Waals surface area (Å²) >= 11 is 1.53. The minimum absolute atomic E-state index is 0.0403. The number of fused-ring (bicyclic) bond motifs is 1. The van der Waals surface area contributed by atoms with Crippen molar-refractivity contribution < 1.29 is 14.3 Å². The molecule has 7 heteroatoms. The number of nitrogens with zero attached hydrogens (tertiary/aromatic N) is 2. The van der Waals surface area contributed by atoms with Crippen LogP contribution in [0.25, 0.3) is 0 Å². The second-order valence-electron chi connectivity index (χ2n) is 6.15. The Bertz CT molecular complexity index is 788. The van der Waals surface area contributed by atoms with Crippen LogP contribution in [-0.4, -0.2) is 35.5 Å². The van der Waals surface area contributed by atoms with Crippen LogP contribution in [0, 0.1) is 13.8 Å². The molecule has 0 aliphatic carbocycles. The van der Waals surface area contributed by atoms with E-state index in [9.17, 15) is 4.79 Å². The average molecular weight is 373 g/mol. The number of aromatic nitrogens is 2. The van der Waals surface area contributed by atoms with E-state index in [2.05, 4.69) is 15.3 Å². The van der Waals surface area contributed by atoms with Crippen LogP contribution in [0.4, 0.5) is 0 Å². The zero-order chi connectivity index (χ0) is 18.5. The summed E-state index contributed by atoms with van der Waals surface area (Å²) in [5.74, 6) is 1.59. The third-order valence-corrected chi connectivity index (χ3v) is 4.91. The molecule has 0 spiro atoms. The van der Waals surface area contributed by atoms with Crippen LogP contribution in [-0.2, 0) is 17.6 Å². The average Bonchev–Trinajstić information content (AvgIpc) is 3.08.